The number of piperazine rings is 1. The predicted octanol–water partition coefficient (Wildman–Crippen LogP) is 1.80. The van der Waals surface area contributed by atoms with E-state index in [1.165, 1.54) is 5.56 Å². The number of hydrogen-bond acceptors (Lipinski definition) is 4. The number of anilines is 1. The average Bonchev–Trinajstić information content (AvgIpc) is 2.32. The van der Waals surface area contributed by atoms with Gasteiger partial charge in [0.05, 0.1) is 7.11 Å². The zero-order chi connectivity index (χ0) is 14.0. The number of benzene rings is 1. The minimum absolute atomic E-state index is 0.225. The smallest absolute Gasteiger partial charge is 0.121 e. The lowest BCUT2D eigenvalue weighted by Crippen LogP contribution is -2.57. The minimum Gasteiger partial charge on any atom is -0.497 e. The predicted molar refractivity (Wildman–Crippen MR) is 79.4 cm³/mol. The van der Waals surface area contributed by atoms with Gasteiger partial charge in [-0.25, -0.2) is 0 Å². The Morgan fingerprint density at radius 1 is 1.26 bits per heavy atom. The molecule has 0 aromatic heterocycles. The SMILES string of the molecule is COc1cc(N)cc(CN2CCN(C)C(C)(C)C2)c1. The van der Waals surface area contributed by atoms with Gasteiger partial charge in [-0.1, -0.05) is 0 Å². The molecular formula is C15H25N3O. The van der Waals surface area contributed by atoms with Crippen molar-refractivity contribution in [2.45, 2.75) is 25.9 Å². The molecule has 4 heteroatoms. The Hall–Kier alpha value is -1.26. The van der Waals surface area contributed by atoms with Gasteiger partial charge in [0.25, 0.3) is 0 Å². The Bertz CT molecular complexity index is 445. The summed E-state index contributed by atoms with van der Waals surface area (Å²) in [6.45, 7) is 8.78. The molecule has 1 saturated heterocycles. The van der Waals surface area contributed by atoms with Gasteiger partial charge < -0.3 is 10.5 Å². The third-order valence-electron chi connectivity index (χ3n) is 4.03. The van der Waals surface area contributed by atoms with Crippen molar-refractivity contribution in [2.75, 3.05) is 39.5 Å². The first-order chi connectivity index (χ1) is 8.90. The second-order valence-electron chi connectivity index (χ2n) is 6.06. The standard InChI is InChI=1S/C15H25N3O/c1-15(2)11-18(6-5-17(15)3)10-12-7-13(16)9-14(8-12)19-4/h7-9H,5-6,10-11,16H2,1-4H3. The van der Waals surface area contributed by atoms with Crippen molar-refractivity contribution >= 4 is 5.69 Å². The molecule has 0 bridgehead atoms. The number of nitrogens with zero attached hydrogens (tertiary/aromatic N) is 2. The van der Waals surface area contributed by atoms with Gasteiger partial charge in [0.1, 0.15) is 5.75 Å². The zero-order valence-corrected chi connectivity index (χ0v) is 12.4. The van der Waals surface area contributed by atoms with Crippen LogP contribution in [0.25, 0.3) is 0 Å². The molecule has 0 spiro atoms. The summed E-state index contributed by atoms with van der Waals surface area (Å²) in [6, 6.07) is 5.97. The molecule has 1 aromatic carbocycles. The third kappa shape index (κ3) is 3.39. The van der Waals surface area contributed by atoms with E-state index in [-0.39, 0.29) is 5.54 Å². The monoisotopic (exact) mass is 263 g/mol. The normalized spacial score (nSPS) is 20.4. The fourth-order valence-electron chi connectivity index (χ4n) is 2.63. The first-order valence-corrected chi connectivity index (χ1v) is 6.78. The topological polar surface area (TPSA) is 41.7 Å². The van der Waals surface area contributed by atoms with E-state index in [0.717, 1.165) is 37.6 Å². The van der Waals surface area contributed by atoms with Gasteiger partial charge in [-0.05, 0) is 38.6 Å². The van der Waals surface area contributed by atoms with E-state index in [1.807, 2.05) is 12.1 Å². The maximum atomic E-state index is 5.91. The second kappa shape index (κ2) is 5.39. The van der Waals surface area contributed by atoms with Crippen molar-refractivity contribution < 1.29 is 4.74 Å². The van der Waals surface area contributed by atoms with Gasteiger partial charge in [-0.2, -0.15) is 0 Å². The quantitative estimate of drug-likeness (QED) is 0.844. The summed E-state index contributed by atoms with van der Waals surface area (Å²) >= 11 is 0. The van der Waals surface area contributed by atoms with Gasteiger partial charge >= 0.3 is 0 Å². The van der Waals surface area contributed by atoms with Gasteiger partial charge in [0, 0.05) is 43.5 Å². The van der Waals surface area contributed by atoms with Crippen LogP contribution in [0.1, 0.15) is 19.4 Å². The molecule has 0 radical (unpaired) electrons. The summed E-state index contributed by atoms with van der Waals surface area (Å²) < 4.78 is 5.28. The minimum atomic E-state index is 0.225. The molecule has 0 saturated carbocycles. The highest BCUT2D eigenvalue weighted by Gasteiger charge is 2.30. The van der Waals surface area contributed by atoms with Crippen LogP contribution in [0, 0.1) is 0 Å². The van der Waals surface area contributed by atoms with Crippen LogP contribution < -0.4 is 10.5 Å². The van der Waals surface area contributed by atoms with Crippen molar-refractivity contribution in [3.05, 3.63) is 23.8 Å². The maximum absolute atomic E-state index is 5.91. The van der Waals surface area contributed by atoms with E-state index in [2.05, 4.69) is 36.8 Å². The Labute approximate surface area is 116 Å². The summed E-state index contributed by atoms with van der Waals surface area (Å²) in [5.41, 5.74) is 8.12. The molecule has 1 heterocycles. The number of ether oxygens (including phenoxy) is 1. The Balaban J connectivity index is 2.07. The highest BCUT2D eigenvalue weighted by molar-refractivity contribution is 5.47. The molecule has 1 aromatic rings. The van der Waals surface area contributed by atoms with E-state index in [0.29, 0.717) is 0 Å². The van der Waals surface area contributed by atoms with Crippen molar-refractivity contribution in [3.8, 4) is 5.75 Å². The molecule has 1 aliphatic heterocycles. The van der Waals surface area contributed by atoms with Gasteiger partial charge in [-0.3, -0.25) is 9.80 Å². The molecule has 1 aliphatic rings. The molecule has 0 unspecified atom stereocenters. The number of nitrogens with two attached hydrogens (primary N) is 1. The molecule has 0 aliphatic carbocycles. The molecule has 1 fully saturated rings. The molecule has 19 heavy (non-hydrogen) atoms. The number of methoxy groups -OCH3 is 1. The van der Waals surface area contributed by atoms with E-state index >= 15 is 0 Å². The maximum Gasteiger partial charge on any atom is 0.121 e. The fraction of sp³-hybridized carbons (Fsp3) is 0.600. The number of hydrogen-bond donors (Lipinski definition) is 1. The van der Waals surface area contributed by atoms with Crippen LogP contribution in [-0.4, -0.2) is 49.1 Å². The Morgan fingerprint density at radius 2 is 2.00 bits per heavy atom. The van der Waals surface area contributed by atoms with Crippen LogP contribution in [0.3, 0.4) is 0 Å². The second-order valence-corrected chi connectivity index (χ2v) is 6.06. The molecule has 106 valence electrons. The third-order valence-corrected chi connectivity index (χ3v) is 4.03. The van der Waals surface area contributed by atoms with Crippen molar-refractivity contribution in [1.82, 2.24) is 9.80 Å². The summed E-state index contributed by atoms with van der Waals surface area (Å²) in [5, 5.41) is 0. The largest absolute Gasteiger partial charge is 0.497 e. The van der Waals surface area contributed by atoms with Crippen LogP contribution in [0.15, 0.2) is 18.2 Å². The lowest BCUT2D eigenvalue weighted by Gasteiger charge is -2.45. The van der Waals surface area contributed by atoms with Gasteiger partial charge in [0.15, 0.2) is 0 Å². The number of nitrogen functional groups attached to an aromatic ring is 1. The van der Waals surface area contributed by atoms with E-state index in [1.54, 1.807) is 7.11 Å². The summed E-state index contributed by atoms with van der Waals surface area (Å²) in [5.74, 6) is 0.836. The zero-order valence-electron chi connectivity index (χ0n) is 12.4. The first kappa shape index (κ1) is 14.2. The van der Waals surface area contributed by atoms with E-state index in [9.17, 15) is 0 Å². The first-order valence-electron chi connectivity index (χ1n) is 6.78. The van der Waals surface area contributed by atoms with Gasteiger partial charge in [-0.15, -0.1) is 0 Å². The lowest BCUT2D eigenvalue weighted by atomic mass is 9.99. The molecule has 2 rings (SSSR count). The van der Waals surface area contributed by atoms with Crippen molar-refractivity contribution in [3.63, 3.8) is 0 Å². The van der Waals surface area contributed by atoms with E-state index < -0.39 is 0 Å². The fourth-order valence-corrected chi connectivity index (χ4v) is 2.63. The molecule has 0 amide bonds. The van der Waals surface area contributed by atoms with Crippen molar-refractivity contribution in [1.29, 1.82) is 0 Å². The van der Waals surface area contributed by atoms with Crippen molar-refractivity contribution in [2.24, 2.45) is 0 Å². The summed E-state index contributed by atoms with van der Waals surface area (Å²) in [7, 11) is 3.87. The lowest BCUT2D eigenvalue weighted by molar-refractivity contribution is 0.0360. The Morgan fingerprint density at radius 3 is 2.63 bits per heavy atom. The highest BCUT2D eigenvalue weighted by atomic mass is 16.5. The van der Waals surface area contributed by atoms with Crippen LogP contribution in [0.5, 0.6) is 5.75 Å². The van der Waals surface area contributed by atoms with Gasteiger partial charge in [0.2, 0.25) is 0 Å². The number of likely N-dealkylation sites (N-methyl/N-ethyl adjacent to an activating group) is 1. The van der Waals surface area contributed by atoms with Crippen LogP contribution in [-0.2, 0) is 6.54 Å². The molecule has 4 nitrogen and oxygen atoms in total. The molecule has 2 N–H and O–H groups in total. The van der Waals surface area contributed by atoms with Crippen LogP contribution >= 0.6 is 0 Å². The Kier molecular flexibility index (Phi) is 4.02. The highest BCUT2D eigenvalue weighted by Crippen LogP contribution is 2.23. The van der Waals surface area contributed by atoms with Crippen LogP contribution in [0.4, 0.5) is 5.69 Å². The molecule has 0 atom stereocenters. The summed E-state index contributed by atoms with van der Waals surface area (Å²) in [4.78, 5) is 4.90. The van der Waals surface area contributed by atoms with E-state index in [4.69, 9.17) is 10.5 Å². The number of rotatable bonds is 3. The van der Waals surface area contributed by atoms with Crippen LogP contribution in [0.2, 0.25) is 0 Å². The summed E-state index contributed by atoms with van der Waals surface area (Å²) in [6.07, 6.45) is 0. The average molecular weight is 263 g/mol. The molecular weight excluding hydrogens is 238 g/mol.